The first-order chi connectivity index (χ1) is 10.5. The summed E-state index contributed by atoms with van der Waals surface area (Å²) in [6.07, 6.45) is 1.63. The van der Waals surface area contributed by atoms with E-state index in [9.17, 15) is 13.6 Å². The molecule has 1 aliphatic heterocycles. The molecule has 0 saturated heterocycles. The lowest BCUT2D eigenvalue weighted by atomic mass is 10.1. The standard InChI is InChI=1S/C15H15F2N3O2/c1-9(22-11-2-3-12(16)13(17)6-11)15(21)20-5-4-14-10(8-20)7-18-19-14/h2-3,6-7,9H,4-5,8H2,1H3,(H,18,19). The maximum Gasteiger partial charge on any atom is 0.263 e. The number of H-pyrrole nitrogens is 1. The van der Waals surface area contributed by atoms with Crippen LogP contribution >= 0.6 is 0 Å². The lowest BCUT2D eigenvalue weighted by molar-refractivity contribution is -0.138. The van der Waals surface area contributed by atoms with E-state index < -0.39 is 17.7 Å². The molecule has 22 heavy (non-hydrogen) atoms. The number of nitrogens with zero attached hydrogens (tertiary/aromatic N) is 2. The number of benzene rings is 1. The van der Waals surface area contributed by atoms with Crippen molar-refractivity contribution in [1.82, 2.24) is 15.1 Å². The zero-order chi connectivity index (χ0) is 15.7. The first-order valence-corrected chi connectivity index (χ1v) is 6.96. The Hall–Kier alpha value is -2.44. The molecule has 0 saturated carbocycles. The summed E-state index contributed by atoms with van der Waals surface area (Å²) in [5, 5.41) is 6.86. The smallest absolute Gasteiger partial charge is 0.263 e. The predicted molar refractivity (Wildman–Crippen MR) is 74.2 cm³/mol. The number of aromatic nitrogens is 2. The van der Waals surface area contributed by atoms with Gasteiger partial charge in [0.2, 0.25) is 0 Å². The van der Waals surface area contributed by atoms with Crippen LogP contribution in [0.2, 0.25) is 0 Å². The molecule has 2 aromatic rings. The van der Waals surface area contributed by atoms with Gasteiger partial charge in [0.15, 0.2) is 17.7 Å². The molecule has 7 heteroatoms. The normalized spacial score (nSPS) is 15.3. The molecule has 1 aromatic heterocycles. The average molecular weight is 307 g/mol. The zero-order valence-electron chi connectivity index (χ0n) is 12.0. The number of hydrogen-bond donors (Lipinski definition) is 1. The molecule has 3 rings (SSSR count). The Morgan fingerprint density at radius 1 is 1.41 bits per heavy atom. The molecule has 1 aromatic carbocycles. The molecule has 1 amide bonds. The minimum absolute atomic E-state index is 0.126. The van der Waals surface area contributed by atoms with Crippen LogP contribution in [-0.4, -0.2) is 33.7 Å². The summed E-state index contributed by atoms with van der Waals surface area (Å²) >= 11 is 0. The lowest BCUT2D eigenvalue weighted by Crippen LogP contribution is -2.43. The van der Waals surface area contributed by atoms with E-state index in [4.69, 9.17) is 4.74 Å². The summed E-state index contributed by atoms with van der Waals surface area (Å²) in [4.78, 5) is 14.1. The Morgan fingerprint density at radius 3 is 3.00 bits per heavy atom. The number of nitrogens with one attached hydrogen (secondary N) is 1. The van der Waals surface area contributed by atoms with Crippen LogP contribution in [-0.2, 0) is 17.8 Å². The molecule has 1 aliphatic rings. The quantitative estimate of drug-likeness (QED) is 0.944. The Balaban J connectivity index is 1.66. The third-order valence-electron chi connectivity index (χ3n) is 3.66. The van der Waals surface area contributed by atoms with E-state index in [0.717, 1.165) is 23.4 Å². The number of ether oxygens (including phenoxy) is 1. The first-order valence-electron chi connectivity index (χ1n) is 6.96. The van der Waals surface area contributed by atoms with Crippen molar-refractivity contribution in [3.05, 3.63) is 47.3 Å². The molecule has 5 nitrogen and oxygen atoms in total. The van der Waals surface area contributed by atoms with Crippen molar-refractivity contribution < 1.29 is 18.3 Å². The van der Waals surface area contributed by atoms with Crippen LogP contribution in [0.4, 0.5) is 8.78 Å². The minimum Gasteiger partial charge on any atom is -0.481 e. The number of carbonyl (C=O) groups excluding carboxylic acids is 1. The zero-order valence-corrected chi connectivity index (χ0v) is 12.0. The average Bonchev–Trinajstić information content (AvgIpc) is 2.97. The molecule has 1 atom stereocenters. The number of amides is 1. The van der Waals surface area contributed by atoms with Gasteiger partial charge in [-0.05, 0) is 19.1 Å². The van der Waals surface area contributed by atoms with Crippen molar-refractivity contribution in [3.63, 3.8) is 0 Å². The monoisotopic (exact) mass is 307 g/mol. The molecular weight excluding hydrogens is 292 g/mol. The molecule has 0 aliphatic carbocycles. The van der Waals surface area contributed by atoms with E-state index in [1.807, 2.05) is 0 Å². The van der Waals surface area contributed by atoms with Crippen LogP contribution in [0.25, 0.3) is 0 Å². The largest absolute Gasteiger partial charge is 0.481 e. The minimum atomic E-state index is -1.00. The molecule has 1 unspecified atom stereocenters. The van der Waals surface area contributed by atoms with Gasteiger partial charge in [-0.2, -0.15) is 5.10 Å². The third kappa shape index (κ3) is 2.79. The fourth-order valence-corrected chi connectivity index (χ4v) is 2.47. The fourth-order valence-electron chi connectivity index (χ4n) is 2.47. The van der Waals surface area contributed by atoms with Gasteiger partial charge in [0, 0.05) is 36.8 Å². The van der Waals surface area contributed by atoms with E-state index in [1.54, 1.807) is 18.0 Å². The third-order valence-corrected chi connectivity index (χ3v) is 3.66. The highest BCUT2D eigenvalue weighted by Gasteiger charge is 2.26. The van der Waals surface area contributed by atoms with Gasteiger partial charge in [-0.15, -0.1) is 0 Å². The Labute approximate surface area is 125 Å². The molecular formula is C15H15F2N3O2. The second kappa shape index (κ2) is 5.75. The topological polar surface area (TPSA) is 58.2 Å². The lowest BCUT2D eigenvalue weighted by Gasteiger charge is -2.29. The van der Waals surface area contributed by atoms with Crippen molar-refractivity contribution in [1.29, 1.82) is 0 Å². The maximum absolute atomic E-state index is 13.2. The molecule has 0 fully saturated rings. The number of aromatic amines is 1. The highest BCUT2D eigenvalue weighted by Crippen LogP contribution is 2.20. The Morgan fingerprint density at radius 2 is 2.23 bits per heavy atom. The molecule has 2 heterocycles. The number of carbonyl (C=O) groups is 1. The van der Waals surface area contributed by atoms with E-state index >= 15 is 0 Å². The first kappa shape index (κ1) is 14.5. The summed E-state index contributed by atoms with van der Waals surface area (Å²) in [6.45, 7) is 2.63. The number of fused-ring (bicyclic) bond motifs is 1. The molecule has 0 radical (unpaired) electrons. The van der Waals surface area contributed by atoms with Crippen molar-refractivity contribution >= 4 is 5.91 Å². The van der Waals surface area contributed by atoms with Gasteiger partial charge in [0.25, 0.3) is 5.91 Å². The van der Waals surface area contributed by atoms with E-state index in [1.165, 1.54) is 6.07 Å². The predicted octanol–water partition coefficient (Wildman–Crippen LogP) is 2.04. The summed E-state index contributed by atoms with van der Waals surface area (Å²) < 4.78 is 31.4. The van der Waals surface area contributed by atoms with Crippen LogP contribution in [0, 0.1) is 11.6 Å². The van der Waals surface area contributed by atoms with Crippen LogP contribution in [0.5, 0.6) is 5.75 Å². The van der Waals surface area contributed by atoms with Crippen LogP contribution in [0.3, 0.4) is 0 Å². The molecule has 1 N–H and O–H groups in total. The van der Waals surface area contributed by atoms with Gasteiger partial charge < -0.3 is 9.64 Å². The van der Waals surface area contributed by atoms with Crippen LogP contribution in [0.1, 0.15) is 18.2 Å². The summed E-state index contributed by atoms with van der Waals surface area (Å²) in [5.74, 6) is -2.02. The van der Waals surface area contributed by atoms with Crippen LogP contribution in [0.15, 0.2) is 24.4 Å². The number of halogens is 2. The van der Waals surface area contributed by atoms with Crippen molar-refractivity contribution in [3.8, 4) is 5.75 Å². The molecule has 0 spiro atoms. The number of hydrogen-bond acceptors (Lipinski definition) is 3. The highest BCUT2D eigenvalue weighted by molar-refractivity contribution is 5.81. The van der Waals surface area contributed by atoms with E-state index in [2.05, 4.69) is 10.2 Å². The Bertz CT molecular complexity index is 702. The molecule has 0 bridgehead atoms. The second-order valence-corrected chi connectivity index (χ2v) is 5.22. The van der Waals surface area contributed by atoms with Gasteiger partial charge in [-0.25, -0.2) is 8.78 Å². The van der Waals surface area contributed by atoms with Crippen molar-refractivity contribution in [2.75, 3.05) is 6.54 Å². The van der Waals surface area contributed by atoms with Gasteiger partial charge in [-0.1, -0.05) is 0 Å². The fraction of sp³-hybridized carbons (Fsp3) is 0.333. The van der Waals surface area contributed by atoms with E-state index in [-0.39, 0.29) is 11.7 Å². The van der Waals surface area contributed by atoms with Gasteiger partial charge >= 0.3 is 0 Å². The van der Waals surface area contributed by atoms with Gasteiger partial charge in [-0.3, -0.25) is 9.89 Å². The van der Waals surface area contributed by atoms with Crippen LogP contribution < -0.4 is 4.74 Å². The summed E-state index contributed by atoms with van der Waals surface area (Å²) in [6, 6.07) is 3.20. The van der Waals surface area contributed by atoms with Crippen molar-refractivity contribution in [2.45, 2.75) is 26.0 Å². The summed E-state index contributed by atoms with van der Waals surface area (Å²) in [5.41, 5.74) is 2.03. The Kier molecular flexibility index (Phi) is 3.79. The highest BCUT2D eigenvalue weighted by atomic mass is 19.2. The number of rotatable bonds is 3. The molecule has 116 valence electrons. The SMILES string of the molecule is CC(Oc1ccc(F)c(F)c1)C(=O)N1CCc2[nH]ncc2C1. The van der Waals surface area contributed by atoms with Gasteiger partial charge in [0.05, 0.1) is 6.20 Å². The maximum atomic E-state index is 13.2. The van der Waals surface area contributed by atoms with Gasteiger partial charge in [0.1, 0.15) is 5.75 Å². The van der Waals surface area contributed by atoms with E-state index in [0.29, 0.717) is 19.5 Å². The second-order valence-electron chi connectivity index (χ2n) is 5.22. The summed E-state index contributed by atoms with van der Waals surface area (Å²) in [7, 11) is 0. The van der Waals surface area contributed by atoms with Crippen molar-refractivity contribution in [2.24, 2.45) is 0 Å².